The molecule has 0 spiro atoms. The zero-order chi connectivity index (χ0) is 51.1. The average molecular weight is 986 g/mol. The third-order valence-electron chi connectivity index (χ3n) is 10.9. The molecular weight excluding hydrogens is 919 g/mol. The summed E-state index contributed by atoms with van der Waals surface area (Å²) in [6, 6.07) is 42.3. The Bertz CT molecular complexity index is 2710. The van der Waals surface area contributed by atoms with E-state index in [1.165, 1.54) is 67.6 Å². The highest BCUT2D eigenvalue weighted by molar-refractivity contribution is 7.91. The van der Waals surface area contributed by atoms with Crippen molar-refractivity contribution in [3.63, 3.8) is 0 Å². The number of hydrogen-bond acceptors (Lipinski definition) is 9. The molecule has 376 valence electrons. The normalized spacial score (nSPS) is 11.0. The fraction of sp³-hybridized carbons (Fsp3) is 0.286. The molecular formula is C56H67N5O9S. The molecule has 6 aromatic rings. The van der Waals surface area contributed by atoms with Gasteiger partial charge in [-0.05, 0) is 109 Å². The average Bonchev–Trinajstić information content (AvgIpc) is 3.68. The molecule has 0 aliphatic rings. The molecule has 1 heterocycles. The summed E-state index contributed by atoms with van der Waals surface area (Å²) in [5.74, 6) is -0.581. The lowest BCUT2D eigenvalue weighted by Crippen LogP contribution is -2.21. The third kappa shape index (κ3) is 22.9. The van der Waals surface area contributed by atoms with Crippen molar-refractivity contribution in [2.24, 2.45) is 0 Å². The van der Waals surface area contributed by atoms with E-state index in [-0.39, 0.29) is 29.3 Å². The van der Waals surface area contributed by atoms with Gasteiger partial charge in [-0.25, -0.2) is 24.9 Å². The Morgan fingerprint density at radius 3 is 1.66 bits per heavy atom. The van der Waals surface area contributed by atoms with Gasteiger partial charge < -0.3 is 4.98 Å². The van der Waals surface area contributed by atoms with E-state index in [2.05, 4.69) is 84.0 Å². The van der Waals surface area contributed by atoms with Crippen LogP contribution in [-0.2, 0) is 68.7 Å². The van der Waals surface area contributed by atoms with Gasteiger partial charge in [-0.3, -0.25) is 38.4 Å². The van der Waals surface area contributed by atoms with E-state index in [1.54, 1.807) is 60.7 Å². The van der Waals surface area contributed by atoms with Crippen molar-refractivity contribution in [1.82, 2.24) is 21.4 Å². The van der Waals surface area contributed by atoms with Gasteiger partial charge in [0.05, 0.1) is 27.1 Å². The van der Waals surface area contributed by atoms with Crippen LogP contribution in [-0.4, -0.2) is 58.2 Å². The fourth-order valence-corrected chi connectivity index (χ4v) is 8.60. The zero-order valence-electron chi connectivity index (χ0n) is 41.1. The highest BCUT2D eigenvalue weighted by Crippen LogP contribution is 2.24. The van der Waals surface area contributed by atoms with Crippen LogP contribution in [0.3, 0.4) is 0 Å². The number of fused-ring (bicyclic) bond motifs is 1. The van der Waals surface area contributed by atoms with Crippen LogP contribution in [0.15, 0.2) is 146 Å². The predicted molar refractivity (Wildman–Crippen MR) is 282 cm³/mol. The number of carbonyl (C=O) groups excluding carboxylic acids is 4. The molecule has 14 nitrogen and oxygen atoms in total. The van der Waals surface area contributed by atoms with E-state index in [0.29, 0.717) is 30.5 Å². The maximum absolute atomic E-state index is 12.1. The van der Waals surface area contributed by atoms with Crippen LogP contribution in [0.1, 0.15) is 90.4 Å². The Hall–Kier alpha value is -7.17. The number of hydroxylamine groups is 3. The first-order valence-electron chi connectivity index (χ1n) is 23.6. The molecule has 0 saturated heterocycles. The summed E-state index contributed by atoms with van der Waals surface area (Å²) in [6.45, 7) is 2.16. The number of para-hydroxylation sites is 2. The molecule has 5 aromatic carbocycles. The summed E-state index contributed by atoms with van der Waals surface area (Å²) in [4.78, 5) is 62.5. The Kier molecular flexibility index (Phi) is 25.3. The molecule has 0 aliphatic heterocycles. The number of ketones is 1. The van der Waals surface area contributed by atoms with Gasteiger partial charge >= 0.3 is 0 Å². The van der Waals surface area contributed by atoms with Crippen molar-refractivity contribution in [2.75, 3.05) is 26.1 Å². The fourth-order valence-electron chi connectivity index (χ4n) is 7.40. The van der Waals surface area contributed by atoms with Crippen LogP contribution in [0.5, 0.6) is 0 Å². The van der Waals surface area contributed by atoms with Gasteiger partial charge in [-0.15, -0.1) is 0 Å². The smallest absolute Gasteiger partial charge is 0.267 e. The quantitative estimate of drug-likeness (QED) is 0.0211. The maximum Gasteiger partial charge on any atom is 0.267 e. The number of nitrogens with one attached hydrogen (secondary N) is 5. The van der Waals surface area contributed by atoms with Crippen LogP contribution >= 0.6 is 0 Å². The van der Waals surface area contributed by atoms with E-state index < -0.39 is 10.0 Å². The highest BCUT2D eigenvalue weighted by atomic mass is 32.2. The third-order valence-corrected chi connectivity index (χ3v) is 12.1. The molecule has 0 aliphatic carbocycles. The summed E-state index contributed by atoms with van der Waals surface area (Å²) in [5.41, 5.74) is 16.0. The number of aryl methyl sites for hydroxylation is 3. The number of aromatic nitrogens is 1. The van der Waals surface area contributed by atoms with Crippen molar-refractivity contribution in [1.29, 1.82) is 0 Å². The molecule has 0 radical (unpaired) electrons. The summed E-state index contributed by atoms with van der Waals surface area (Å²) >= 11 is 0. The van der Waals surface area contributed by atoms with Gasteiger partial charge in [0.15, 0.2) is 0 Å². The van der Waals surface area contributed by atoms with E-state index in [0.717, 1.165) is 61.6 Å². The number of anilines is 1. The summed E-state index contributed by atoms with van der Waals surface area (Å²) in [7, 11) is 0.713. The minimum Gasteiger partial charge on any atom is -0.358 e. The second-order valence-electron chi connectivity index (χ2n) is 16.5. The number of amides is 3. The molecule has 1 aromatic heterocycles. The lowest BCUT2D eigenvalue weighted by atomic mass is 10.0. The molecule has 15 heteroatoms. The zero-order valence-corrected chi connectivity index (χ0v) is 41.9. The number of hydrogen-bond donors (Lipinski definition) is 5. The van der Waals surface area contributed by atoms with Gasteiger partial charge in [0.25, 0.3) is 11.8 Å². The number of aromatic amines is 1. The standard InChI is InChI=1S/C23H26N2O2.C17H18N2O4S.C16H23NO3/c1-17-20(21-9-5-6-10-22(21)24-17)8-4-3-7-18-11-13-19(14-12-18)15-16-23(26)25-27-2;1-23-18-17(20)12-11-14-7-9-15(10-8-14)13-24(21,22)19-16-5-3-2-4-6-16;1-20-17-16(19)12-8-3-2-7-11-15(18)13-14-9-5-4-6-10-14/h5-6,9-16,24H,3-4,7-8H2,1-2H3,(H,25,26);2-12,19H,13H2,1H3,(H,18,20);4-6,9-10H,2-3,7-8,11-13H2,1H3,(H,17,19)/b16-15+;12-11+;. The predicted octanol–water partition coefficient (Wildman–Crippen LogP) is 9.87. The van der Waals surface area contributed by atoms with Crippen molar-refractivity contribution in [3.8, 4) is 0 Å². The summed E-state index contributed by atoms with van der Waals surface area (Å²) < 4.78 is 26.8. The molecule has 3 amide bonds. The van der Waals surface area contributed by atoms with Gasteiger partial charge in [-0.2, -0.15) is 0 Å². The number of unbranched alkanes of at least 4 members (excludes halogenated alkanes) is 4. The molecule has 0 atom stereocenters. The molecule has 0 fully saturated rings. The van der Waals surface area contributed by atoms with Crippen molar-refractivity contribution >= 4 is 62.3 Å². The maximum atomic E-state index is 12.1. The number of sulfonamides is 1. The van der Waals surface area contributed by atoms with Crippen LogP contribution in [0.2, 0.25) is 0 Å². The van der Waals surface area contributed by atoms with Crippen molar-refractivity contribution < 1.29 is 42.1 Å². The number of H-pyrrole nitrogens is 1. The Labute approximate surface area is 418 Å². The number of rotatable bonds is 25. The van der Waals surface area contributed by atoms with Crippen molar-refractivity contribution in [2.45, 2.75) is 83.3 Å². The largest absolute Gasteiger partial charge is 0.358 e. The number of benzene rings is 5. The minimum absolute atomic E-state index is 0.0901. The first kappa shape index (κ1) is 56.4. The SMILES string of the molecule is CONC(=O)/C=C/c1ccc(CCCCc2c(C)[nH]c3ccccc23)cc1.CONC(=O)/C=C/c1ccc(CS(=O)(=O)Nc2ccccc2)cc1.CONC(=O)CCCCCCC(=O)Cc1ccccc1. The van der Waals surface area contributed by atoms with Gasteiger partial charge in [0.1, 0.15) is 5.78 Å². The molecule has 6 rings (SSSR count). The van der Waals surface area contributed by atoms with E-state index in [1.807, 2.05) is 48.5 Å². The highest BCUT2D eigenvalue weighted by Gasteiger charge is 2.12. The first-order chi connectivity index (χ1) is 34.4. The molecule has 0 bridgehead atoms. The molecule has 5 N–H and O–H groups in total. The molecule has 0 saturated carbocycles. The van der Waals surface area contributed by atoms with E-state index in [4.69, 9.17) is 0 Å². The van der Waals surface area contributed by atoms with Crippen LogP contribution < -0.4 is 21.2 Å². The van der Waals surface area contributed by atoms with Gasteiger partial charge in [0, 0.05) is 53.7 Å². The lowest BCUT2D eigenvalue weighted by molar-refractivity contribution is -0.131. The van der Waals surface area contributed by atoms with E-state index >= 15 is 0 Å². The number of Topliss-reactive ketones (excluding diaryl/α,β-unsaturated/α-hetero) is 1. The van der Waals surface area contributed by atoms with Gasteiger partial charge in [0.2, 0.25) is 15.9 Å². The Balaban J connectivity index is 0.000000234. The van der Waals surface area contributed by atoms with Gasteiger partial charge in [-0.1, -0.05) is 128 Å². The summed E-state index contributed by atoms with van der Waals surface area (Å²) in [5, 5.41) is 1.35. The molecule has 0 unspecified atom stereocenters. The van der Waals surface area contributed by atoms with Crippen LogP contribution in [0, 0.1) is 6.92 Å². The Morgan fingerprint density at radius 1 is 0.549 bits per heavy atom. The molecule has 71 heavy (non-hydrogen) atoms. The lowest BCUT2D eigenvalue weighted by Gasteiger charge is -2.08. The second kappa shape index (κ2) is 31.9. The van der Waals surface area contributed by atoms with Crippen LogP contribution in [0.25, 0.3) is 23.1 Å². The van der Waals surface area contributed by atoms with E-state index in [9.17, 15) is 27.6 Å². The minimum atomic E-state index is -3.48. The second-order valence-corrected chi connectivity index (χ2v) is 18.3. The van der Waals surface area contributed by atoms with Crippen LogP contribution in [0.4, 0.5) is 5.69 Å². The van der Waals surface area contributed by atoms with Crippen molar-refractivity contribution in [3.05, 3.63) is 185 Å². The Morgan fingerprint density at radius 2 is 1.07 bits per heavy atom. The first-order valence-corrected chi connectivity index (χ1v) is 25.2. The monoisotopic (exact) mass is 985 g/mol. The number of carbonyl (C=O) groups is 4. The topological polar surface area (TPSA) is 194 Å². The summed E-state index contributed by atoms with van der Waals surface area (Å²) in [6.07, 6.45) is 16.0.